The van der Waals surface area contributed by atoms with Crippen LogP contribution in [-0.2, 0) is 9.13 Å². The summed E-state index contributed by atoms with van der Waals surface area (Å²) in [5.74, 6) is -1.05. The summed E-state index contributed by atoms with van der Waals surface area (Å²) in [5.41, 5.74) is 5.29. The fourth-order valence-corrected chi connectivity index (χ4v) is 2.90. The molecular weight excluding hydrogens is 282 g/mol. The van der Waals surface area contributed by atoms with E-state index < -0.39 is 21.0 Å². The zero-order valence-electron chi connectivity index (χ0n) is 10.1. The topological polar surface area (TPSA) is 153 Å². The summed E-state index contributed by atoms with van der Waals surface area (Å²) < 4.78 is 21.8. The highest BCUT2D eigenvalue weighted by Gasteiger charge is 2.28. The average molecular weight is 304 g/mol. The lowest BCUT2D eigenvalue weighted by Crippen LogP contribution is -2.30. The van der Waals surface area contributed by atoms with Gasteiger partial charge in [-0.25, -0.2) is 0 Å². The van der Waals surface area contributed by atoms with Crippen LogP contribution in [-0.4, -0.2) is 44.6 Å². The van der Waals surface area contributed by atoms with E-state index >= 15 is 0 Å². The van der Waals surface area contributed by atoms with Gasteiger partial charge in [-0.15, -0.1) is 0 Å². The van der Waals surface area contributed by atoms with Gasteiger partial charge in [-0.1, -0.05) is 0 Å². The lowest BCUT2D eigenvalue weighted by Gasteiger charge is -2.20. The summed E-state index contributed by atoms with van der Waals surface area (Å²) in [7, 11) is -8.41. The molecule has 8 nitrogen and oxygen atoms in total. The zero-order chi connectivity index (χ0) is 14.2. The van der Waals surface area contributed by atoms with E-state index in [1.807, 2.05) is 0 Å². The molecule has 0 heterocycles. The fraction of sp³-hybridized carbons (Fsp3) is 1.00. The lowest BCUT2D eigenvalue weighted by atomic mass is 10.3. The van der Waals surface area contributed by atoms with Crippen molar-refractivity contribution in [2.24, 2.45) is 5.73 Å². The van der Waals surface area contributed by atoms with Crippen molar-refractivity contribution in [3.63, 3.8) is 0 Å². The zero-order valence-corrected chi connectivity index (χ0v) is 11.9. The van der Waals surface area contributed by atoms with Crippen LogP contribution in [0, 0.1) is 0 Å². The molecule has 0 saturated heterocycles. The third kappa shape index (κ3) is 10.2. The molecule has 0 radical (unpaired) electrons. The highest BCUT2D eigenvalue weighted by atomic mass is 31.2. The Morgan fingerprint density at radius 1 is 1.06 bits per heavy atom. The molecule has 18 heavy (non-hydrogen) atoms. The monoisotopic (exact) mass is 304 g/mol. The quantitative estimate of drug-likeness (QED) is 0.239. The number of nitrogens with one attached hydrogen (secondary N) is 1. The van der Waals surface area contributed by atoms with Crippen molar-refractivity contribution >= 4 is 15.2 Å². The van der Waals surface area contributed by atoms with Crippen molar-refractivity contribution < 1.29 is 28.7 Å². The Hall–Kier alpha value is 0.220. The molecule has 0 aromatic carbocycles. The standard InChI is InChI=1S/C8H22N2O6P2/c9-5-1-2-6-10-8(18(14,15)16)4-3-7-17(11,12)13/h8,10H,1-7,9H2,(H2,11,12,13)(H2,14,15,16). The highest BCUT2D eigenvalue weighted by molar-refractivity contribution is 7.52. The Labute approximate surface area is 106 Å². The maximum Gasteiger partial charge on any atom is 0.342 e. The van der Waals surface area contributed by atoms with Crippen molar-refractivity contribution in [3.8, 4) is 0 Å². The number of hydrogen-bond acceptors (Lipinski definition) is 4. The average Bonchev–Trinajstić information content (AvgIpc) is 2.18. The van der Waals surface area contributed by atoms with Gasteiger partial charge in [0.05, 0.1) is 0 Å². The SMILES string of the molecule is NCCCCNC(CCCP(=O)(O)O)P(=O)(O)O. The Morgan fingerprint density at radius 3 is 2.11 bits per heavy atom. The normalized spacial score (nSPS) is 14.7. The van der Waals surface area contributed by atoms with E-state index in [4.69, 9.17) is 25.3 Å². The molecule has 0 fully saturated rings. The van der Waals surface area contributed by atoms with Crippen LogP contribution >= 0.6 is 15.2 Å². The van der Waals surface area contributed by atoms with Crippen LogP contribution in [0.4, 0.5) is 0 Å². The van der Waals surface area contributed by atoms with Gasteiger partial charge in [0.15, 0.2) is 0 Å². The molecule has 110 valence electrons. The number of hydrogen-bond donors (Lipinski definition) is 6. The third-order valence-corrected chi connectivity index (χ3v) is 4.50. The summed E-state index contributed by atoms with van der Waals surface area (Å²) in [6.07, 6.45) is 1.17. The van der Waals surface area contributed by atoms with Crippen LogP contribution in [0.15, 0.2) is 0 Å². The minimum Gasteiger partial charge on any atom is -0.330 e. The van der Waals surface area contributed by atoms with Gasteiger partial charge in [0.1, 0.15) is 5.78 Å². The van der Waals surface area contributed by atoms with Crippen molar-refractivity contribution in [1.29, 1.82) is 0 Å². The van der Waals surface area contributed by atoms with E-state index in [9.17, 15) is 9.13 Å². The number of unbranched alkanes of at least 4 members (excludes halogenated alkanes) is 1. The molecule has 0 bridgehead atoms. The number of nitrogens with two attached hydrogens (primary N) is 1. The van der Waals surface area contributed by atoms with Gasteiger partial charge < -0.3 is 30.6 Å². The number of rotatable bonds is 10. The van der Waals surface area contributed by atoms with Crippen LogP contribution < -0.4 is 11.1 Å². The summed E-state index contributed by atoms with van der Waals surface area (Å²) in [6, 6.07) is 0. The van der Waals surface area contributed by atoms with Gasteiger partial charge in [-0.3, -0.25) is 9.13 Å². The first kappa shape index (κ1) is 18.2. The van der Waals surface area contributed by atoms with Crippen molar-refractivity contribution in [1.82, 2.24) is 5.32 Å². The molecule has 0 spiro atoms. The van der Waals surface area contributed by atoms with Gasteiger partial charge in [-0.05, 0) is 38.8 Å². The Morgan fingerprint density at radius 2 is 1.67 bits per heavy atom. The van der Waals surface area contributed by atoms with Gasteiger partial charge >= 0.3 is 15.2 Å². The molecule has 0 aromatic heterocycles. The molecular formula is C8H22N2O6P2. The maximum atomic E-state index is 11.2. The van der Waals surface area contributed by atoms with E-state index in [0.717, 1.165) is 6.42 Å². The Kier molecular flexibility index (Phi) is 8.51. The van der Waals surface area contributed by atoms with Crippen LogP contribution in [0.1, 0.15) is 25.7 Å². The van der Waals surface area contributed by atoms with Gasteiger partial charge in [-0.2, -0.15) is 0 Å². The maximum absolute atomic E-state index is 11.2. The molecule has 0 aliphatic heterocycles. The first-order valence-corrected chi connectivity index (χ1v) is 9.18. The first-order chi connectivity index (χ1) is 8.17. The Balaban J connectivity index is 4.09. The van der Waals surface area contributed by atoms with Crippen LogP contribution in [0.25, 0.3) is 0 Å². The van der Waals surface area contributed by atoms with Gasteiger partial charge in [0, 0.05) is 6.16 Å². The highest BCUT2D eigenvalue weighted by Crippen LogP contribution is 2.43. The Bertz CT molecular complexity index is 315. The molecule has 0 saturated carbocycles. The van der Waals surface area contributed by atoms with E-state index in [1.54, 1.807) is 0 Å². The second-order valence-corrected chi connectivity index (χ2v) is 7.66. The van der Waals surface area contributed by atoms with E-state index in [-0.39, 0.29) is 19.0 Å². The molecule has 0 aliphatic carbocycles. The molecule has 7 N–H and O–H groups in total. The van der Waals surface area contributed by atoms with Crippen LogP contribution in [0.2, 0.25) is 0 Å². The molecule has 0 amide bonds. The van der Waals surface area contributed by atoms with Gasteiger partial charge in [0.25, 0.3) is 0 Å². The predicted octanol–water partition coefficient (Wildman–Crippen LogP) is -0.223. The molecule has 0 aromatic rings. The lowest BCUT2D eigenvalue weighted by molar-refractivity contribution is 0.337. The third-order valence-electron chi connectivity index (χ3n) is 2.34. The van der Waals surface area contributed by atoms with Crippen molar-refractivity contribution in [2.45, 2.75) is 31.5 Å². The smallest absolute Gasteiger partial charge is 0.330 e. The second kappa shape index (κ2) is 8.40. The minimum absolute atomic E-state index is 0.0258. The molecule has 0 aliphatic rings. The predicted molar refractivity (Wildman–Crippen MR) is 68.3 cm³/mol. The van der Waals surface area contributed by atoms with Crippen molar-refractivity contribution in [2.75, 3.05) is 19.3 Å². The largest absolute Gasteiger partial charge is 0.342 e. The fourth-order valence-electron chi connectivity index (χ4n) is 1.42. The molecule has 0 rings (SSSR count). The first-order valence-electron chi connectivity index (χ1n) is 5.70. The van der Waals surface area contributed by atoms with E-state index in [0.29, 0.717) is 19.5 Å². The van der Waals surface area contributed by atoms with Crippen LogP contribution in [0.3, 0.4) is 0 Å². The van der Waals surface area contributed by atoms with Crippen LogP contribution in [0.5, 0.6) is 0 Å². The summed E-state index contributed by atoms with van der Waals surface area (Å²) in [4.78, 5) is 35.5. The second-order valence-electron chi connectivity index (χ2n) is 4.09. The summed E-state index contributed by atoms with van der Waals surface area (Å²) in [5, 5.41) is 2.71. The minimum atomic E-state index is -4.30. The summed E-state index contributed by atoms with van der Waals surface area (Å²) in [6.45, 7) is 0.934. The molecule has 1 atom stereocenters. The molecule has 10 heteroatoms. The van der Waals surface area contributed by atoms with E-state index in [1.165, 1.54) is 0 Å². The molecule has 1 unspecified atom stereocenters. The van der Waals surface area contributed by atoms with Crippen molar-refractivity contribution in [3.05, 3.63) is 0 Å². The summed E-state index contributed by atoms with van der Waals surface area (Å²) >= 11 is 0. The van der Waals surface area contributed by atoms with E-state index in [2.05, 4.69) is 5.32 Å². The van der Waals surface area contributed by atoms with Gasteiger partial charge in [0.2, 0.25) is 0 Å².